The van der Waals surface area contributed by atoms with Crippen LogP contribution in [0.5, 0.6) is 0 Å². The van der Waals surface area contributed by atoms with Crippen LogP contribution in [-0.2, 0) is 16.1 Å². The fourth-order valence-corrected chi connectivity index (χ4v) is 2.29. The first-order chi connectivity index (χ1) is 9.15. The van der Waals surface area contributed by atoms with Crippen LogP contribution in [0.1, 0.15) is 36.8 Å². The quantitative estimate of drug-likeness (QED) is 0.812. The molecule has 19 heavy (non-hydrogen) atoms. The van der Waals surface area contributed by atoms with E-state index in [0.717, 1.165) is 31.2 Å². The fourth-order valence-electron chi connectivity index (χ4n) is 2.29. The Kier molecular flexibility index (Phi) is 4.55. The molecule has 1 aliphatic carbocycles. The number of amides is 2. The lowest BCUT2D eigenvalue weighted by Gasteiger charge is -2.11. The molecule has 0 radical (unpaired) electrons. The molecule has 1 aromatic rings. The molecule has 1 saturated carbocycles. The third kappa shape index (κ3) is 4.09. The Morgan fingerprint density at radius 2 is 1.74 bits per heavy atom. The van der Waals surface area contributed by atoms with Crippen molar-refractivity contribution in [3.05, 3.63) is 35.4 Å². The van der Waals surface area contributed by atoms with Crippen LogP contribution in [0.2, 0.25) is 0 Å². The van der Waals surface area contributed by atoms with Crippen LogP contribution >= 0.6 is 0 Å². The topological polar surface area (TPSA) is 58.2 Å². The van der Waals surface area contributed by atoms with Crippen LogP contribution in [0, 0.1) is 6.92 Å². The number of hydrogen-bond acceptors (Lipinski definition) is 2. The van der Waals surface area contributed by atoms with Gasteiger partial charge in [-0.05, 0) is 25.3 Å². The van der Waals surface area contributed by atoms with Gasteiger partial charge >= 0.3 is 11.8 Å². The van der Waals surface area contributed by atoms with Gasteiger partial charge in [-0.15, -0.1) is 0 Å². The van der Waals surface area contributed by atoms with Gasteiger partial charge in [0.05, 0.1) is 0 Å². The van der Waals surface area contributed by atoms with E-state index < -0.39 is 11.8 Å². The zero-order chi connectivity index (χ0) is 13.7. The second kappa shape index (κ2) is 6.36. The lowest BCUT2D eigenvalue weighted by atomic mass is 10.1. The molecule has 0 saturated heterocycles. The Balaban J connectivity index is 1.76. The summed E-state index contributed by atoms with van der Waals surface area (Å²) >= 11 is 0. The van der Waals surface area contributed by atoms with Gasteiger partial charge in [0, 0.05) is 12.6 Å². The Morgan fingerprint density at radius 1 is 1.11 bits per heavy atom. The number of rotatable bonds is 3. The minimum Gasteiger partial charge on any atom is -0.345 e. The molecule has 0 heterocycles. The SMILES string of the molecule is Cc1ccc(CNC(=O)C(=O)NC2CCCC2)cc1. The van der Waals surface area contributed by atoms with Crippen molar-refractivity contribution in [2.75, 3.05) is 0 Å². The molecule has 4 heteroatoms. The lowest BCUT2D eigenvalue weighted by Crippen LogP contribution is -2.43. The van der Waals surface area contributed by atoms with Crippen molar-refractivity contribution in [1.82, 2.24) is 10.6 Å². The van der Waals surface area contributed by atoms with Gasteiger partial charge in [0.25, 0.3) is 0 Å². The number of hydrogen-bond donors (Lipinski definition) is 2. The first-order valence-electron chi connectivity index (χ1n) is 6.79. The highest BCUT2D eigenvalue weighted by atomic mass is 16.2. The summed E-state index contributed by atoms with van der Waals surface area (Å²) in [6.07, 6.45) is 4.24. The van der Waals surface area contributed by atoms with Gasteiger partial charge in [-0.3, -0.25) is 9.59 Å². The van der Waals surface area contributed by atoms with Crippen LogP contribution < -0.4 is 10.6 Å². The van der Waals surface area contributed by atoms with E-state index in [-0.39, 0.29) is 6.04 Å². The number of benzene rings is 1. The smallest absolute Gasteiger partial charge is 0.309 e. The standard InChI is InChI=1S/C15H20N2O2/c1-11-6-8-12(9-7-11)10-16-14(18)15(19)17-13-4-2-3-5-13/h6-9,13H,2-5,10H2,1H3,(H,16,18)(H,17,19). The molecule has 0 aromatic heterocycles. The van der Waals surface area contributed by atoms with Gasteiger partial charge in [-0.25, -0.2) is 0 Å². The summed E-state index contributed by atoms with van der Waals surface area (Å²) in [4.78, 5) is 23.3. The summed E-state index contributed by atoms with van der Waals surface area (Å²) in [5, 5.41) is 5.41. The second-order valence-corrected chi connectivity index (χ2v) is 5.12. The molecule has 2 rings (SSSR count). The summed E-state index contributed by atoms with van der Waals surface area (Å²) in [5.74, 6) is -1.06. The largest absolute Gasteiger partial charge is 0.345 e. The highest BCUT2D eigenvalue weighted by molar-refractivity contribution is 6.35. The van der Waals surface area contributed by atoms with E-state index in [1.54, 1.807) is 0 Å². The molecule has 2 N–H and O–H groups in total. The Bertz CT molecular complexity index is 448. The Morgan fingerprint density at radius 3 is 2.37 bits per heavy atom. The van der Waals surface area contributed by atoms with Crippen molar-refractivity contribution < 1.29 is 9.59 Å². The molecule has 4 nitrogen and oxygen atoms in total. The summed E-state index contributed by atoms with van der Waals surface area (Å²) in [6, 6.07) is 8.05. The van der Waals surface area contributed by atoms with Crippen LogP contribution in [-0.4, -0.2) is 17.9 Å². The monoisotopic (exact) mass is 260 g/mol. The predicted octanol–water partition coefficient (Wildman–Crippen LogP) is 1.67. The molecular weight excluding hydrogens is 240 g/mol. The maximum atomic E-state index is 11.7. The van der Waals surface area contributed by atoms with E-state index in [2.05, 4.69) is 10.6 Å². The van der Waals surface area contributed by atoms with Crippen molar-refractivity contribution in [1.29, 1.82) is 0 Å². The van der Waals surface area contributed by atoms with E-state index >= 15 is 0 Å². The minimum atomic E-state index is -0.549. The zero-order valence-electron chi connectivity index (χ0n) is 11.2. The lowest BCUT2D eigenvalue weighted by molar-refractivity contribution is -0.139. The molecule has 0 spiro atoms. The van der Waals surface area contributed by atoms with Crippen LogP contribution in [0.25, 0.3) is 0 Å². The Hall–Kier alpha value is -1.84. The molecule has 102 valence electrons. The first kappa shape index (κ1) is 13.6. The van der Waals surface area contributed by atoms with Crippen molar-refractivity contribution in [2.45, 2.75) is 45.2 Å². The molecule has 0 atom stereocenters. The van der Waals surface area contributed by atoms with Gasteiger partial charge in [-0.2, -0.15) is 0 Å². The molecule has 0 unspecified atom stereocenters. The second-order valence-electron chi connectivity index (χ2n) is 5.12. The molecule has 0 bridgehead atoms. The number of nitrogens with one attached hydrogen (secondary N) is 2. The maximum Gasteiger partial charge on any atom is 0.309 e. The van der Waals surface area contributed by atoms with E-state index in [1.165, 1.54) is 5.56 Å². The molecule has 1 aromatic carbocycles. The van der Waals surface area contributed by atoms with Gasteiger partial charge in [-0.1, -0.05) is 42.7 Å². The normalized spacial score (nSPS) is 15.2. The molecule has 2 amide bonds. The molecule has 1 aliphatic rings. The van der Waals surface area contributed by atoms with E-state index in [0.29, 0.717) is 6.54 Å². The van der Waals surface area contributed by atoms with Crippen molar-refractivity contribution >= 4 is 11.8 Å². The van der Waals surface area contributed by atoms with Gasteiger partial charge in [0.2, 0.25) is 0 Å². The third-order valence-electron chi connectivity index (χ3n) is 3.47. The van der Waals surface area contributed by atoms with Gasteiger partial charge in [0.1, 0.15) is 0 Å². The number of carbonyl (C=O) groups is 2. The van der Waals surface area contributed by atoms with Crippen molar-refractivity contribution in [3.63, 3.8) is 0 Å². The number of aryl methyl sites for hydroxylation is 1. The highest BCUT2D eigenvalue weighted by Gasteiger charge is 2.20. The summed E-state index contributed by atoms with van der Waals surface area (Å²) in [7, 11) is 0. The average molecular weight is 260 g/mol. The van der Waals surface area contributed by atoms with E-state index in [1.807, 2.05) is 31.2 Å². The Labute approximate surface area is 113 Å². The maximum absolute atomic E-state index is 11.7. The van der Waals surface area contributed by atoms with Crippen LogP contribution in [0.3, 0.4) is 0 Å². The summed E-state index contributed by atoms with van der Waals surface area (Å²) in [6.45, 7) is 2.40. The van der Waals surface area contributed by atoms with Gasteiger partial charge in [0.15, 0.2) is 0 Å². The highest BCUT2D eigenvalue weighted by Crippen LogP contribution is 2.17. The van der Waals surface area contributed by atoms with Crippen molar-refractivity contribution in [3.8, 4) is 0 Å². The number of carbonyl (C=O) groups excluding carboxylic acids is 2. The summed E-state index contributed by atoms with van der Waals surface area (Å²) < 4.78 is 0. The predicted molar refractivity (Wildman–Crippen MR) is 73.4 cm³/mol. The summed E-state index contributed by atoms with van der Waals surface area (Å²) in [5.41, 5.74) is 2.17. The van der Waals surface area contributed by atoms with Crippen LogP contribution in [0.15, 0.2) is 24.3 Å². The first-order valence-corrected chi connectivity index (χ1v) is 6.79. The van der Waals surface area contributed by atoms with Gasteiger partial charge < -0.3 is 10.6 Å². The fraction of sp³-hybridized carbons (Fsp3) is 0.467. The zero-order valence-corrected chi connectivity index (χ0v) is 11.2. The van der Waals surface area contributed by atoms with Crippen molar-refractivity contribution in [2.24, 2.45) is 0 Å². The molecule has 0 aliphatic heterocycles. The average Bonchev–Trinajstić information content (AvgIpc) is 2.90. The molecular formula is C15H20N2O2. The van der Waals surface area contributed by atoms with Crippen LogP contribution in [0.4, 0.5) is 0 Å². The van der Waals surface area contributed by atoms with E-state index in [9.17, 15) is 9.59 Å². The van der Waals surface area contributed by atoms with E-state index in [4.69, 9.17) is 0 Å². The minimum absolute atomic E-state index is 0.178. The molecule has 1 fully saturated rings. The third-order valence-corrected chi connectivity index (χ3v) is 3.47.